The Hall–Kier alpha value is -1.43. The fourth-order valence-corrected chi connectivity index (χ4v) is 5.72. The quantitative estimate of drug-likeness (QED) is 0.894. The fraction of sp³-hybridized carbons (Fsp3) is 0.824. The second-order valence-corrected chi connectivity index (χ2v) is 8.55. The normalized spacial score (nSPS) is 38.3. The van der Waals surface area contributed by atoms with Gasteiger partial charge in [-0.15, -0.1) is 5.10 Å². The molecule has 0 spiro atoms. The highest BCUT2D eigenvalue weighted by atomic mass is 16.3. The van der Waals surface area contributed by atoms with E-state index in [1.54, 1.807) is 11.0 Å². The van der Waals surface area contributed by atoms with Crippen LogP contribution in [0.2, 0.25) is 0 Å². The summed E-state index contributed by atoms with van der Waals surface area (Å²) in [6.07, 6.45) is 8.20. The molecule has 23 heavy (non-hydrogen) atoms. The Bertz CT molecular complexity index is 610. The van der Waals surface area contributed by atoms with Crippen molar-refractivity contribution in [2.24, 2.45) is 17.3 Å². The molecule has 4 fully saturated rings. The minimum absolute atomic E-state index is 0.00302. The lowest BCUT2D eigenvalue weighted by Crippen LogP contribution is -2.56. The Morgan fingerprint density at radius 1 is 1.39 bits per heavy atom. The predicted molar refractivity (Wildman–Crippen MR) is 85.7 cm³/mol. The number of hydrogen-bond donors (Lipinski definition) is 2. The van der Waals surface area contributed by atoms with E-state index in [1.165, 1.54) is 6.42 Å². The third-order valence-corrected chi connectivity index (χ3v) is 5.92. The zero-order chi connectivity index (χ0) is 16.2. The molecule has 1 aromatic heterocycles. The molecule has 5 rings (SSSR count). The van der Waals surface area contributed by atoms with Crippen LogP contribution >= 0.6 is 0 Å². The molecule has 4 aliphatic carbocycles. The molecule has 6 heteroatoms. The van der Waals surface area contributed by atoms with Crippen LogP contribution in [0, 0.1) is 17.3 Å². The lowest BCUT2D eigenvalue weighted by Gasteiger charge is -2.60. The van der Waals surface area contributed by atoms with Crippen LogP contribution in [0.1, 0.15) is 64.8 Å². The topological polar surface area (TPSA) is 80.0 Å². The van der Waals surface area contributed by atoms with E-state index in [4.69, 9.17) is 0 Å². The summed E-state index contributed by atoms with van der Waals surface area (Å²) in [6.45, 7) is 4.00. The number of nitrogens with one attached hydrogen (secondary N) is 1. The molecular formula is C17H26N4O2. The average molecular weight is 318 g/mol. The van der Waals surface area contributed by atoms with Gasteiger partial charge in [-0.2, -0.15) is 9.90 Å². The highest BCUT2D eigenvalue weighted by Gasteiger charge is 2.57. The number of hydrogen-bond acceptors (Lipinski definition) is 4. The van der Waals surface area contributed by atoms with E-state index in [2.05, 4.69) is 15.5 Å². The Kier molecular flexibility index (Phi) is 3.31. The van der Waals surface area contributed by atoms with E-state index in [9.17, 15) is 9.90 Å². The molecule has 2 N–H and O–H groups in total. The Labute approximate surface area is 136 Å². The molecule has 0 radical (unpaired) electrons. The van der Waals surface area contributed by atoms with Crippen molar-refractivity contribution in [2.45, 2.75) is 70.4 Å². The molecule has 4 aliphatic rings. The van der Waals surface area contributed by atoms with E-state index in [0.29, 0.717) is 24.1 Å². The first-order valence-electron chi connectivity index (χ1n) is 8.79. The first-order chi connectivity index (χ1) is 10.8. The van der Waals surface area contributed by atoms with E-state index in [1.807, 2.05) is 13.8 Å². The molecular weight excluding hydrogens is 292 g/mol. The predicted octanol–water partition coefficient (Wildman–Crippen LogP) is 2.52. The molecule has 2 atom stereocenters. The van der Waals surface area contributed by atoms with Crippen LogP contribution < -0.4 is 5.32 Å². The van der Waals surface area contributed by atoms with E-state index < -0.39 is 5.60 Å². The van der Waals surface area contributed by atoms with Crippen LogP contribution in [0.15, 0.2) is 6.20 Å². The number of aliphatic hydroxyl groups is 1. The Morgan fingerprint density at radius 3 is 2.65 bits per heavy atom. The standard InChI is InChI=1S/C17H26N4O2/c1-11(2)21-18-9-14(20-21)19-15(22)8-16-4-12-3-13(5-16)7-17(23,6-12)10-16/h9,11-13,23H,3-8,10H2,1-2H3,(H,19,20,22). The zero-order valence-electron chi connectivity index (χ0n) is 14.0. The molecule has 0 aliphatic heterocycles. The van der Waals surface area contributed by atoms with Gasteiger partial charge in [-0.05, 0) is 69.6 Å². The maximum absolute atomic E-state index is 12.5. The van der Waals surface area contributed by atoms with Gasteiger partial charge < -0.3 is 10.4 Å². The molecule has 0 saturated heterocycles. The van der Waals surface area contributed by atoms with E-state index in [-0.39, 0.29) is 17.4 Å². The van der Waals surface area contributed by atoms with Gasteiger partial charge in [0.05, 0.1) is 17.8 Å². The SMILES string of the molecule is CC(C)n1ncc(NC(=O)CC23CC4CC(CC(O)(C4)C2)C3)n1. The molecule has 1 heterocycles. The summed E-state index contributed by atoms with van der Waals surface area (Å²) in [5, 5.41) is 22.1. The van der Waals surface area contributed by atoms with Gasteiger partial charge in [0, 0.05) is 6.42 Å². The van der Waals surface area contributed by atoms with Crippen molar-refractivity contribution in [3.63, 3.8) is 0 Å². The van der Waals surface area contributed by atoms with Crippen molar-refractivity contribution < 1.29 is 9.90 Å². The largest absolute Gasteiger partial charge is 0.390 e. The minimum Gasteiger partial charge on any atom is -0.390 e. The summed E-state index contributed by atoms with van der Waals surface area (Å²) >= 11 is 0. The van der Waals surface area contributed by atoms with Gasteiger partial charge in [-0.25, -0.2) is 0 Å². The monoisotopic (exact) mass is 318 g/mol. The number of aromatic nitrogens is 3. The summed E-state index contributed by atoms with van der Waals surface area (Å²) in [5.41, 5.74) is -0.512. The average Bonchev–Trinajstić information content (AvgIpc) is 2.83. The van der Waals surface area contributed by atoms with E-state index in [0.717, 1.165) is 32.1 Å². The smallest absolute Gasteiger partial charge is 0.226 e. The van der Waals surface area contributed by atoms with Crippen LogP contribution in [0.3, 0.4) is 0 Å². The lowest BCUT2D eigenvalue weighted by atomic mass is 9.47. The van der Waals surface area contributed by atoms with Gasteiger partial charge in [0.1, 0.15) is 0 Å². The summed E-state index contributed by atoms with van der Waals surface area (Å²) in [4.78, 5) is 14.1. The Morgan fingerprint density at radius 2 is 2.09 bits per heavy atom. The van der Waals surface area contributed by atoms with Crippen LogP contribution in [0.25, 0.3) is 0 Å². The molecule has 0 aromatic carbocycles. The van der Waals surface area contributed by atoms with Crippen LogP contribution in [0.4, 0.5) is 5.82 Å². The number of amides is 1. The molecule has 126 valence electrons. The summed E-state index contributed by atoms with van der Waals surface area (Å²) in [6, 6.07) is 0.179. The van der Waals surface area contributed by atoms with Gasteiger partial charge in [-0.3, -0.25) is 4.79 Å². The molecule has 4 saturated carbocycles. The third kappa shape index (κ3) is 2.77. The molecule has 1 aromatic rings. The first kappa shape index (κ1) is 15.1. The van der Waals surface area contributed by atoms with Gasteiger partial charge in [0.15, 0.2) is 5.82 Å². The van der Waals surface area contributed by atoms with Crippen molar-refractivity contribution in [3.05, 3.63) is 6.20 Å². The maximum atomic E-state index is 12.5. The van der Waals surface area contributed by atoms with Crippen LogP contribution in [-0.2, 0) is 4.79 Å². The van der Waals surface area contributed by atoms with Crippen LogP contribution in [0.5, 0.6) is 0 Å². The van der Waals surface area contributed by atoms with E-state index >= 15 is 0 Å². The van der Waals surface area contributed by atoms with Gasteiger partial charge >= 0.3 is 0 Å². The number of carbonyl (C=O) groups is 1. The van der Waals surface area contributed by atoms with Gasteiger partial charge in [0.25, 0.3) is 0 Å². The molecule has 6 nitrogen and oxygen atoms in total. The maximum Gasteiger partial charge on any atom is 0.226 e. The lowest BCUT2D eigenvalue weighted by molar-refractivity contribution is -0.167. The summed E-state index contributed by atoms with van der Waals surface area (Å²) in [7, 11) is 0. The van der Waals surface area contributed by atoms with Crippen molar-refractivity contribution >= 4 is 11.7 Å². The minimum atomic E-state index is -0.509. The van der Waals surface area contributed by atoms with Crippen molar-refractivity contribution in [1.29, 1.82) is 0 Å². The molecule has 2 unspecified atom stereocenters. The fourth-order valence-electron chi connectivity index (χ4n) is 5.72. The summed E-state index contributed by atoms with van der Waals surface area (Å²) in [5.74, 6) is 1.74. The van der Waals surface area contributed by atoms with Gasteiger partial charge in [-0.1, -0.05) is 0 Å². The Balaban J connectivity index is 1.44. The summed E-state index contributed by atoms with van der Waals surface area (Å²) < 4.78 is 0. The second kappa shape index (κ2) is 5.03. The number of anilines is 1. The molecule has 4 bridgehead atoms. The highest BCUT2D eigenvalue weighted by molar-refractivity contribution is 5.90. The zero-order valence-corrected chi connectivity index (χ0v) is 14.0. The van der Waals surface area contributed by atoms with Crippen molar-refractivity contribution in [2.75, 3.05) is 5.32 Å². The highest BCUT2D eigenvalue weighted by Crippen LogP contribution is 2.62. The van der Waals surface area contributed by atoms with Gasteiger partial charge in [0.2, 0.25) is 5.91 Å². The number of rotatable bonds is 4. The number of nitrogens with zero attached hydrogens (tertiary/aromatic N) is 3. The van der Waals surface area contributed by atoms with Crippen molar-refractivity contribution in [1.82, 2.24) is 15.0 Å². The second-order valence-electron chi connectivity index (χ2n) is 8.55. The third-order valence-electron chi connectivity index (χ3n) is 5.92. The molecule has 1 amide bonds. The number of carbonyl (C=O) groups excluding carboxylic acids is 1. The van der Waals surface area contributed by atoms with Crippen molar-refractivity contribution in [3.8, 4) is 0 Å². The van der Waals surface area contributed by atoms with Crippen LogP contribution in [-0.4, -0.2) is 31.6 Å². The first-order valence-corrected chi connectivity index (χ1v) is 8.79.